The van der Waals surface area contributed by atoms with Gasteiger partial charge in [-0.05, 0) is 43.2 Å². The van der Waals surface area contributed by atoms with Crippen molar-refractivity contribution < 1.29 is 4.79 Å². The molecule has 0 atom stereocenters. The summed E-state index contributed by atoms with van der Waals surface area (Å²) in [4.78, 5) is 20.4. The van der Waals surface area contributed by atoms with Crippen molar-refractivity contribution >= 4 is 34.4 Å². The lowest BCUT2D eigenvalue weighted by Crippen LogP contribution is -2.47. The Bertz CT molecular complexity index is 1130. The number of nitrogens with zero attached hydrogens (tertiary/aromatic N) is 3. The molecule has 3 aromatic rings. The Balaban J connectivity index is 1.50. The van der Waals surface area contributed by atoms with Gasteiger partial charge >= 0.3 is 6.03 Å². The van der Waals surface area contributed by atoms with Crippen LogP contribution in [0.2, 0.25) is 0 Å². The first-order valence-corrected chi connectivity index (χ1v) is 10.3. The number of nitrogens with two attached hydrogens (primary N) is 1. The molecule has 2 aromatic heterocycles. The molecule has 0 bridgehead atoms. The zero-order chi connectivity index (χ0) is 20.7. The number of carbonyl (C=O) groups excluding carboxylic acids is 1. The summed E-state index contributed by atoms with van der Waals surface area (Å²) in [6, 6.07) is 8.84. The maximum Gasteiger partial charge on any atom is 0.316 e. The van der Waals surface area contributed by atoms with Gasteiger partial charge in [-0.1, -0.05) is 25.8 Å². The van der Waals surface area contributed by atoms with Crippen LogP contribution in [-0.4, -0.2) is 20.6 Å². The molecule has 1 spiro atoms. The van der Waals surface area contributed by atoms with Crippen molar-refractivity contribution in [1.82, 2.24) is 19.9 Å². The molecule has 8 nitrogen and oxygen atoms in total. The standard InChI is InChI=1S/C22H25N7O/c1-14-22(9-3-2-4-10-22)29-18(13-24-14)11-15-12-25-21(28-19(15)29)27-17-7-5-16(6-8-17)26-20(23)30/h5-8,11-12,24H,1-4,9-10,13H2,(H3,23,26,30)(H,25,27,28). The molecular formula is C22H25N7O. The molecule has 0 radical (unpaired) electrons. The molecule has 0 saturated heterocycles. The summed E-state index contributed by atoms with van der Waals surface area (Å²) in [5.74, 6) is 0.536. The second kappa shape index (κ2) is 7.05. The van der Waals surface area contributed by atoms with E-state index in [0.717, 1.165) is 41.8 Å². The number of anilines is 3. The fourth-order valence-electron chi connectivity index (χ4n) is 4.78. The van der Waals surface area contributed by atoms with Gasteiger partial charge in [0.05, 0.1) is 12.1 Å². The van der Waals surface area contributed by atoms with Gasteiger partial charge in [0.15, 0.2) is 0 Å². The third-order valence-corrected chi connectivity index (χ3v) is 6.18. The van der Waals surface area contributed by atoms with Crippen LogP contribution in [0.1, 0.15) is 37.8 Å². The number of primary amides is 1. The quantitative estimate of drug-likeness (QED) is 0.529. The third-order valence-electron chi connectivity index (χ3n) is 6.18. The van der Waals surface area contributed by atoms with Gasteiger partial charge in [0, 0.05) is 34.3 Å². The number of hydrogen-bond acceptors (Lipinski definition) is 5. The second-order valence-electron chi connectivity index (χ2n) is 8.06. The highest BCUT2D eigenvalue weighted by Gasteiger charge is 2.41. The van der Waals surface area contributed by atoms with E-state index in [1.165, 1.54) is 25.0 Å². The highest BCUT2D eigenvalue weighted by atomic mass is 16.2. The smallest absolute Gasteiger partial charge is 0.316 e. The number of hydrogen-bond donors (Lipinski definition) is 4. The second-order valence-corrected chi connectivity index (χ2v) is 8.06. The topological polar surface area (TPSA) is 110 Å². The Morgan fingerprint density at radius 2 is 1.90 bits per heavy atom. The average Bonchev–Trinajstić information content (AvgIpc) is 3.12. The largest absolute Gasteiger partial charge is 0.381 e. The number of amides is 2. The van der Waals surface area contributed by atoms with Crippen LogP contribution in [0.3, 0.4) is 0 Å². The highest BCUT2D eigenvalue weighted by molar-refractivity contribution is 5.88. The molecule has 2 amide bonds. The molecule has 30 heavy (non-hydrogen) atoms. The molecule has 1 aliphatic carbocycles. The first kappa shape index (κ1) is 18.5. The molecular weight excluding hydrogens is 378 g/mol. The number of allylic oxidation sites excluding steroid dienone is 1. The SMILES string of the molecule is C=C1NCc2cc3cnc(Nc4ccc(NC(N)=O)cc4)nc3n2C12CCCCC2. The maximum absolute atomic E-state index is 11.0. The Morgan fingerprint density at radius 3 is 2.63 bits per heavy atom. The molecule has 154 valence electrons. The van der Waals surface area contributed by atoms with E-state index in [4.69, 9.17) is 10.7 Å². The lowest BCUT2D eigenvalue weighted by atomic mass is 9.78. The van der Waals surface area contributed by atoms with E-state index in [-0.39, 0.29) is 5.54 Å². The maximum atomic E-state index is 11.0. The van der Waals surface area contributed by atoms with Gasteiger partial charge < -0.3 is 26.3 Å². The molecule has 5 N–H and O–H groups in total. The van der Waals surface area contributed by atoms with Crippen molar-refractivity contribution in [3.8, 4) is 0 Å². The molecule has 1 aliphatic heterocycles. The predicted octanol–water partition coefficient (Wildman–Crippen LogP) is 3.94. The van der Waals surface area contributed by atoms with Crippen LogP contribution in [0, 0.1) is 0 Å². The van der Waals surface area contributed by atoms with Crippen LogP contribution in [0.4, 0.5) is 22.1 Å². The molecule has 3 heterocycles. The molecule has 5 rings (SSSR count). The number of nitrogens with one attached hydrogen (secondary N) is 3. The minimum absolute atomic E-state index is 0.110. The van der Waals surface area contributed by atoms with Crippen molar-refractivity contribution in [1.29, 1.82) is 0 Å². The minimum atomic E-state index is -0.588. The Morgan fingerprint density at radius 1 is 1.17 bits per heavy atom. The van der Waals surface area contributed by atoms with Crippen LogP contribution >= 0.6 is 0 Å². The molecule has 1 saturated carbocycles. The number of urea groups is 1. The summed E-state index contributed by atoms with van der Waals surface area (Å²) in [6.07, 6.45) is 7.70. The van der Waals surface area contributed by atoms with Crippen LogP contribution in [0.5, 0.6) is 0 Å². The molecule has 1 fully saturated rings. The van der Waals surface area contributed by atoms with Crippen LogP contribution in [-0.2, 0) is 12.1 Å². The molecule has 2 aliphatic rings. The van der Waals surface area contributed by atoms with Gasteiger partial charge in [0.25, 0.3) is 0 Å². The third kappa shape index (κ3) is 3.04. The first-order chi connectivity index (χ1) is 14.5. The van der Waals surface area contributed by atoms with Gasteiger partial charge in [-0.15, -0.1) is 0 Å². The normalized spacial score (nSPS) is 17.4. The summed E-state index contributed by atoms with van der Waals surface area (Å²) in [5.41, 5.74) is 9.77. The summed E-state index contributed by atoms with van der Waals surface area (Å²) < 4.78 is 2.40. The summed E-state index contributed by atoms with van der Waals surface area (Å²) >= 11 is 0. The van der Waals surface area contributed by atoms with E-state index in [2.05, 4.69) is 38.1 Å². The zero-order valence-corrected chi connectivity index (χ0v) is 16.7. The Labute approximate surface area is 174 Å². The number of benzene rings is 1. The van der Waals surface area contributed by atoms with Crippen molar-refractivity contribution in [3.05, 3.63) is 54.5 Å². The average molecular weight is 403 g/mol. The molecule has 1 aromatic carbocycles. The lowest BCUT2D eigenvalue weighted by molar-refractivity contribution is 0.213. The molecule has 8 heteroatoms. The Hall–Kier alpha value is -3.55. The van der Waals surface area contributed by atoms with E-state index in [0.29, 0.717) is 11.6 Å². The fourth-order valence-corrected chi connectivity index (χ4v) is 4.78. The number of rotatable bonds is 3. The van der Waals surface area contributed by atoms with Gasteiger partial charge in [-0.3, -0.25) is 0 Å². The van der Waals surface area contributed by atoms with Crippen LogP contribution in [0.25, 0.3) is 11.0 Å². The van der Waals surface area contributed by atoms with E-state index in [1.807, 2.05) is 18.3 Å². The van der Waals surface area contributed by atoms with Crippen molar-refractivity contribution in [2.75, 3.05) is 10.6 Å². The fraction of sp³-hybridized carbons (Fsp3) is 0.318. The van der Waals surface area contributed by atoms with Crippen LogP contribution < -0.4 is 21.7 Å². The predicted molar refractivity (Wildman–Crippen MR) is 117 cm³/mol. The lowest BCUT2D eigenvalue weighted by Gasteiger charge is -2.45. The van der Waals surface area contributed by atoms with Gasteiger partial charge in [-0.2, -0.15) is 4.98 Å². The minimum Gasteiger partial charge on any atom is -0.381 e. The number of carbonyl (C=O) groups is 1. The van der Waals surface area contributed by atoms with Crippen molar-refractivity contribution in [3.63, 3.8) is 0 Å². The Kier molecular flexibility index (Phi) is 4.34. The van der Waals surface area contributed by atoms with E-state index < -0.39 is 6.03 Å². The monoisotopic (exact) mass is 403 g/mol. The van der Waals surface area contributed by atoms with E-state index in [1.54, 1.807) is 12.1 Å². The van der Waals surface area contributed by atoms with Gasteiger partial charge in [-0.25, -0.2) is 9.78 Å². The van der Waals surface area contributed by atoms with Crippen molar-refractivity contribution in [2.24, 2.45) is 5.73 Å². The van der Waals surface area contributed by atoms with Gasteiger partial charge in [0.2, 0.25) is 5.95 Å². The number of fused-ring (bicyclic) bond motifs is 4. The first-order valence-electron chi connectivity index (χ1n) is 10.3. The zero-order valence-electron chi connectivity index (χ0n) is 16.7. The van der Waals surface area contributed by atoms with Crippen LogP contribution in [0.15, 0.2) is 48.8 Å². The van der Waals surface area contributed by atoms with E-state index >= 15 is 0 Å². The molecule has 0 unspecified atom stereocenters. The van der Waals surface area contributed by atoms with Gasteiger partial charge in [0.1, 0.15) is 5.65 Å². The summed E-state index contributed by atoms with van der Waals surface area (Å²) in [7, 11) is 0. The summed E-state index contributed by atoms with van der Waals surface area (Å²) in [6.45, 7) is 5.12. The van der Waals surface area contributed by atoms with E-state index in [9.17, 15) is 4.79 Å². The van der Waals surface area contributed by atoms with Crippen molar-refractivity contribution in [2.45, 2.75) is 44.2 Å². The summed E-state index contributed by atoms with van der Waals surface area (Å²) in [5, 5.41) is 10.4. The number of aromatic nitrogens is 3. The highest BCUT2D eigenvalue weighted by Crippen LogP contribution is 2.44.